The molecule has 202 valence electrons. The summed E-state index contributed by atoms with van der Waals surface area (Å²) in [6.07, 6.45) is 1.26. The molecular formula is C26H33F2N3O6. The summed E-state index contributed by atoms with van der Waals surface area (Å²) in [5.74, 6) is -3.45. The van der Waals surface area contributed by atoms with Gasteiger partial charge in [0.15, 0.2) is 18.1 Å². The third-order valence-electron chi connectivity index (χ3n) is 7.34. The zero-order chi connectivity index (χ0) is 26.6. The maximum absolute atomic E-state index is 15.8. The van der Waals surface area contributed by atoms with Crippen LogP contribution in [0.3, 0.4) is 0 Å². The fraction of sp³-hybridized carbons (Fsp3) is 0.654. The normalized spacial score (nSPS) is 23.8. The van der Waals surface area contributed by atoms with E-state index in [4.69, 9.17) is 18.6 Å². The average Bonchev–Trinajstić information content (AvgIpc) is 3.54. The lowest BCUT2D eigenvalue weighted by Crippen LogP contribution is -2.62. The summed E-state index contributed by atoms with van der Waals surface area (Å²) >= 11 is 0. The van der Waals surface area contributed by atoms with E-state index in [1.165, 1.54) is 0 Å². The van der Waals surface area contributed by atoms with Gasteiger partial charge >= 0.3 is 5.92 Å². The van der Waals surface area contributed by atoms with Gasteiger partial charge in [0.25, 0.3) is 11.8 Å². The molecule has 3 heterocycles. The van der Waals surface area contributed by atoms with Crippen LogP contribution in [0.1, 0.15) is 77.6 Å². The lowest BCUT2D eigenvalue weighted by Gasteiger charge is -2.51. The molecule has 2 aliphatic heterocycles. The summed E-state index contributed by atoms with van der Waals surface area (Å²) in [5.41, 5.74) is -3.52. The number of carbonyl (C=O) groups excluding carboxylic acids is 1. The van der Waals surface area contributed by atoms with Crippen molar-refractivity contribution in [1.29, 1.82) is 0 Å². The molecule has 9 nitrogen and oxygen atoms in total. The number of ether oxygens (including phenoxy) is 3. The molecule has 1 N–H and O–H groups in total. The number of nitrogens with zero attached hydrogens (tertiary/aromatic N) is 3. The van der Waals surface area contributed by atoms with Crippen molar-refractivity contribution in [2.24, 2.45) is 10.8 Å². The first-order valence-corrected chi connectivity index (χ1v) is 12.5. The minimum atomic E-state index is -3.96. The maximum atomic E-state index is 15.8. The lowest BCUT2D eigenvalue weighted by atomic mass is 9.58. The molecule has 1 atom stereocenters. The van der Waals surface area contributed by atoms with Crippen LogP contribution in [0.25, 0.3) is 0 Å². The van der Waals surface area contributed by atoms with Gasteiger partial charge in [-0.1, -0.05) is 27.7 Å². The summed E-state index contributed by atoms with van der Waals surface area (Å²) in [7, 11) is 0. The molecule has 2 aromatic rings. The molecule has 5 rings (SSSR count). The number of aliphatic hydroxyl groups is 1. The van der Waals surface area contributed by atoms with Gasteiger partial charge in [-0.2, -0.15) is 8.78 Å². The van der Waals surface area contributed by atoms with Gasteiger partial charge in [0.05, 0.1) is 0 Å². The van der Waals surface area contributed by atoms with Crippen molar-refractivity contribution in [2.75, 3.05) is 13.3 Å². The van der Waals surface area contributed by atoms with E-state index in [0.717, 1.165) is 4.90 Å². The zero-order valence-corrected chi connectivity index (χ0v) is 21.6. The number of benzene rings is 1. The second-order valence-electron chi connectivity index (χ2n) is 12.0. The summed E-state index contributed by atoms with van der Waals surface area (Å²) in [6, 6.07) is 4.32. The fourth-order valence-corrected chi connectivity index (χ4v) is 6.51. The molecule has 1 aliphatic carbocycles. The maximum Gasteiger partial charge on any atom is 0.352 e. The number of carbonyl (C=O) groups is 1. The molecule has 0 bridgehead atoms. The third kappa shape index (κ3) is 4.85. The lowest BCUT2D eigenvalue weighted by molar-refractivity contribution is -0.231. The third-order valence-corrected chi connectivity index (χ3v) is 7.34. The minimum Gasteiger partial charge on any atom is -0.484 e. The van der Waals surface area contributed by atoms with Crippen molar-refractivity contribution >= 4 is 5.91 Å². The predicted octanol–water partition coefficient (Wildman–Crippen LogP) is 4.64. The number of fused-ring (bicyclic) bond motifs is 1. The van der Waals surface area contributed by atoms with Crippen molar-refractivity contribution in [3.63, 3.8) is 0 Å². The highest BCUT2D eigenvalue weighted by Crippen LogP contribution is 2.55. The number of hydrogen-bond acceptors (Lipinski definition) is 8. The van der Waals surface area contributed by atoms with Crippen LogP contribution >= 0.6 is 0 Å². The highest BCUT2D eigenvalue weighted by atomic mass is 19.3. The van der Waals surface area contributed by atoms with Crippen LogP contribution in [0.4, 0.5) is 8.78 Å². The van der Waals surface area contributed by atoms with E-state index < -0.39 is 34.3 Å². The molecule has 0 unspecified atom stereocenters. The van der Waals surface area contributed by atoms with Crippen molar-refractivity contribution in [3.05, 3.63) is 30.0 Å². The highest BCUT2D eigenvalue weighted by molar-refractivity contribution is 5.85. The smallest absolute Gasteiger partial charge is 0.352 e. The van der Waals surface area contributed by atoms with Crippen LogP contribution in [0.15, 0.2) is 22.6 Å². The first-order chi connectivity index (χ1) is 17.3. The topological polar surface area (TPSA) is 107 Å². The van der Waals surface area contributed by atoms with Gasteiger partial charge in [0.1, 0.15) is 17.4 Å². The summed E-state index contributed by atoms with van der Waals surface area (Å²) in [5, 5.41) is 19.2. The van der Waals surface area contributed by atoms with Gasteiger partial charge in [0, 0.05) is 12.6 Å². The van der Waals surface area contributed by atoms with Crippen LogP contribution in [0, 0.1) is 10.8 Å². The van der Waals surface area contributed by atoms with Crippen molar-refractivity contribution in [1.82, 2.24) is 15.1 Å². The van der Waals surface area contributed by atoms with Crippen molar-refractivity contribution in [3.8, 4) is 17.2 Å². The zero-order valence-electron chi connectivity index (χ0n) is 21.6. The van der Waals surface area contributed by atoms with Gasteiger partial charge in [-0.3, -0.25) is 4.79 Å². The molecule has 3 aliphatic rings. The van der Waals surface area contributed by atoms with Crippen molar-refractivity contribution in [2.45, 2.75) is 84.0 Å². The Bertz CT molecular complexity index is 1160. The summed E-state index contributed by atoms with van der Waals surface area (Å²) in [4.78, 5) is 14.3. The van der Waals surface area contributed by atoms with E-state index in [0.29, 0.717) is 36.5 Å². The Kier molecular flexibility index (Phi) is 6.12. The van der Waals surface area contributed by atoms with Gasteiger partial charge in [-0.05, 0) is 55.1 Å². The number of halogens is 2. The number of amides is 1. The molecule has 1 aromatic heterocycles. The number of hydrogen-bond donors (Lipinski definition) is 1. The first kappa shape index (κ1) is 25.7. The van der Waals surface area contributed by atoms with E-state index in [-0.39, 0.29) is 44.6 Å². The van der Waals surface area contributed by atoms with E-state index in [1.54, 1.807) is 18.2 Å². The Labute approximate surface area is 214 Å². The molecule has 1 saturated carbocycles. The van der Waals surface area contributed by atoms with Crippen LogP contribution in [-0.2, 0) is 11.4 Å². The average molecular weight is 522 g/mol. The molecule has 1 saturated heterocycles. The monoisotopic (exact) mass is 521 g/mol. The molecule has 2 fully saturated rings. The minimum absolute atomic E-state index is 0.0482. The molecule has 37 heavy (non-hydrogen) atoms. The van der Waals surface area contributed by atoms with Gasteiger partial charge in [0.2, 0.25) is 12.7 Å². The van der Waals surface area contributed by atoms with E-state index in [9.17, 15) is 9.90 Å². The molecule has 1 aromatic carbocycles. The largest absolute Gasteiger partial charge is 0.484 e. The number of aromatic nitrogens is 2. The summed E-state index contributed by atoms with van der Waals surface area (Å²) in [6.45, 7) is 7.62. The second-order valence-corrected chi connectivity index (χ2v) is 12.0. The van der Waals surface area contributed by atoms with E-state index in [1.807, 2.05) is 27.7 Å². The van der Waals surface area contributed by atoms with Gasteiger partial charge < -0.3 is 28.6 Å². The number of rotatable bonds is 6. The fourth-order valence-electron chi connectivity index (χ4n) is 6.51. The number of likely N-dealkylation sites (tertiary alicyclic amines) is 1. The second kappa shape index (κ2) is 8.82. The van der Waals surface area contributed by atoms with E-state index >= 15 is 8.78 Å². The van der Waals surface area contributed by atoms with Gasteiger partial charge in [-0.15, -0.1) is 10.2 Å². The molecule has 11 heteroatoms. The number of alkyl halides is 2. The Morgan fingerprint density at radius 1 is 1.14 bits per heavy atom. The molecule has 0 spiro atoms. The quantitative estimate of drug-likeness (QED) is 0.586. The van der Waals surface area contributed by atoms with Crippen LogP contribution in [-0.4, -0.2) is 51.0 Å². The molecule has 1 amide bonds. The van der Waals surface area contributed by atoms with Gasteiger partial charge in [-0.25, -0.2) is 0 Å². The Morgan fingerprint density at radius 2 is 1.84 bits per heavy atom. The molecular weight excluding hydrogens is 488 g/mol. The Balaban J connectivity index is 1.29. The Hall–Kier alpha value is -2.95. The van der Waals surface area contributed by atoms with Crippen LogP contribution in [0.2, 0.25) is 0 Å². The highest BCUT2D eigenvalue weighted by Gasteiger charge is 2.65. The summed E-state index contributed by atoms with van der Waals surface area (Å²) < 4.78 is 53.6. The van der Waals surface area contributed by atoms with E-state index in [2.05, 4.69) is 10.2 Å². The SMILES string of the molecule is CC1(C)CC(C)(C)CC(O)(C(F)(F)C(=O)N2CCC[C@H]2c2nnc(COc3ccc4c(c3)OCO4)o2)C1. The Morgan fingerprint density at radius 3 is 2.57 bits per heavy atom. The van der Waals surface area contributed by atoms with Crippen molar-refractivity contribution < 1.29 is 37.3 Å². The predicted molar refractivity (Wildman–Crippen MR) is 126 cm³/mol. The first-order valence-electron chi connectivity index (χ1n) is 12.5. The van der Waals surface area contributed by atoms with Crippen LogP contribution < -0.4 is 14.2 Å². The molecule has 0 radical (unpaired) electrons. The van der Waals surface area contributed by atoms with Crippen LogP contribution in [0.5, 0.6) is 17.2 Å². The standard InChI is InChI=1S/C26H33F2N3O6/c1-23(2)12-24(3,4)14-25(33,13-23)26(27,28)22(32)31-9-5-6-17(31)21-30-29-20(37-21)11-34-16-7-8-18-19(10-16)36-15-35-18/h7-8,10,17,33H,5-6,9,11-15H2,1-4H3/t17-/m0/s1.